The summed E-state index contributed by atoms with van der Waals surface area (Å²) >= 11 is 1.62. The number of halogens is 1. The van der Waals surface area contributed by atoms with E-state index in [1.165, 1.54) is 20.3 Å². The molecule has 398 valence electrons. The van der Waals surface area contributed by atoms with Gasteiger partial charge in [0.15, 0.2) is 0 Å². The first-order valence-electron chi connectivity index (χ1n) is 25.7. The van der Waals surface area contributed by atoms with Gasteiger partial charge in [-0.1, -0.05) is 19.9 Å². The lowest BCUT2D eigenvalue weighted by Gasteiger charge is -2.40. The topological polar surface area (TPSA) is 211 Å². The summed E-state index contributed by atoms with van der Waals surface area (Å²) in [4.78, 5) is 79.5. The Morgan fingerprint density at radius 3 is 2.29 bits per heavy atom. The van der Waals surface area contributed by atoms with Crippen molar-refractivity contribution in [3.05, 3.63) is 82.3 Å². The quantitative estimate of drug-likeness (QED) is 0.0907. The average molecular weight is 1070 g/mol. The van der Waals surface area contributed by atoms with E-state index in [-0.39, 0.29) is 29.7 Å². The Morgan fingerprint density at radius 2 is 1.59 bits per heavy atom. The number of hydrogen-bond acceptors (Lipinski definition) is 12. The molecule has 5 aliphatic rings. The molecule has 0 radical (unpaired) electrons. The van der Waals surface area contributed by atoms with Crippen LogP contribution in [0.2, 0.25) is 0 Å². The van der Waals surface area contributed by atoms with E-state index >= 15 is 4.39 Å². The number of likely N-dealkylation sites (tertiary alicyclic amines) is 1. The standard InChI is InChI=1S/C54H65FN10O8S2/c1-28(2)44(61-52(68)70-5)49(66)63-16-9-10-38(63)46-56-23-35(59-46)30-13-14-37-33(18-30)20-39-43-34(55)19-32(21-41(43)73-51(65(37)39)42-25-58-48(74-42)29-11-12-29)36-24-57-47(60-36)40-26-75(7,8)27-64(40)50(67)45(62-53(69)71-6)31-15-17-72-54(3,4)22-31/h13-14,18-21,23-25,28-29,31,38,40,44-45,51H,9-12,15-17,22,26-27H2,1-8H3,(H,56,59)(H,57,60)(H,61,68)(H,62,69)/t31-,38+,40+,44?,45+,51+/m1/s1. The van der Waals surface area contributed by atoms with Crippen LogP contribution in [0, 0.1) is 17.7 Å². The molecular formula is C54H65FN10O8S2. The number of nitrogens with zero attached hydrogens (tertiary/aromatic N) is 6. The third-order valence-corrected chi connectivity index (χ3v) is 18.8. The van der Waals surface area contributed by atoms with E-state index in [4.69, 9.17) is 33.9 Å². The molecule has 11 rings (SSSR count). The number of H-pyrrole nitrogens is 2. The number of methoxy groups -OCH3 is 2. The van der Waals surface area contributed by atoms with Crippen LogP contribution in [0.1, 0.15) is 112 Å². The highest BCUT2D eigenvalue weighted by atomic mass is 32.3. The van der Waals surface area contributed by atoms with Crippen LogP contribution >= 0.6 is 21.4 Å². The number of carbonyl (C=O) groups is 4. The summed E-state index contributed by atoms with van der Waals surface area (Å²) in [6.07, 6.45) is 12.7. The maximum absolute atomic E-state index is 17.2. The zero-order valence-electron chi connectivity index (χ0n) is 43.5. The second-order valence-electron chi connectivity index (χ2n) is 22.1. The number of nitrogens with one attached hydrogen (secondary N) is 4. The van der Waals surface area contributed by atoms with Gasteiger partial charge in [-0.15, -0.1) is 11.3 Å². The summed E-state index contributed by atoms with van der Waals surface area (Å²) in [5, 5.41) is 7.52. The van der Waals surface area contributed by atoms with Gasteiger partial charge in [0.2, 0.25) is 18.0 Å². The van der Waals surface area contributed by atoms with Crippen molar-refractivity contribution in [3.8, 4) is 39.5 Å². The smallest absolute Gasteiger partial charge is 0.407 e. The average Bonchev–Trinajstić information content (AvgIpc) is 4.07. The van der Waals surface area contributed by atoms with Crippen molar-refractivity contribution in [2.45, 2.75) is 108 Å². The highest BCUT2D eigenvalue weighted by molar-refractivity contribution is 8.32. The first-order chi connectivity index (χ1) is 35.9. The number of benzene rings is 2. The molecule has 75 heavy (non-hydrogen) atoms. The van der Waals surface area contributed by atoms with Crippen molar-refractivity contribution in [2.24, 2.45) is 11.8 Å². The van der Waals surface area contributed by atoms with Gasteiger partial charge in [0, 0.05) is 47.5 Å². The minimum atomic E-state index is -1.28. The second kappa shape index (κ2) is 19.6. The van der Waals surface area contributed by atoms with Crippen molar-refractivity contribution in [2.75, 3.05) is 51.5 Å². The van der Waals surface area contributed by atoms with Crippen molar-refractivity contribution in [1.29, 1.82) is 0 Å². The minimum Gasteiger partial charge on any atom is -0.464 e. The lowest BCUT2D eigenvalue weighted by Crippen LogP contribution is -2.55. The largest absolute Gasteiger partial charge is 0.464 e. The molecule has 4 aliphatic heterocycles. The monoisotopic (exact) mass is 1060 g/mol. The van der Waals surface area contributed by atoms with Crippen LogP contribution in [0.15, 0.2) is 55.0 Å². The number of carbonyl (C=O) groups excluding carboxylic acids is 4. The molecule has 6 aromatic rings. The van der Waals surface area contributed by atoms with Crippen LogP contribution < -0.4 is 15.4 Å². The Bertz CT molecular complexity index is 3200. The number of imidazole rings is 2. The van der Waals surface area contributed by atoms with E-state index in [0.29, 0.717) is 83.5 Å². The van der Waals surface area contributed by atoms with E-state index in [9.17, 15) is 19.2 Å². The Balaban J connectivity index is 0.906. The normalized spacial score (nSPS) is 23.0. The van der Waals surface area contributed by atoms with Crippen LogP contribution in [0.3, 0.4) is 0 Å². The van der Waals surface area contributed by atoms with E-state index in [2.05, 4.69) is 43.7 Å². The summed E-state index contributed by atoms with van der Waals surface area (Å²) in [7, 11) is 1.29. The predicted molar refractivity (Wildman–Crippen MR) is 284 cm³/mol. The summed E-state index contributed by atoms with van der Waals surface area (Å²) in [5.41, 5.74) is 4.10. The van der Waals surface area contributed by atoms with Gasteiger partial charge >= 0.3 is 12.2 Å². The Morgan fingerprint density at radius 1 is 0.867 bits per heavy atom. The molecule has 4 aromatic heterocycles. The lowest BCUT2D eigenvalue weighted by atomic mass is 9.82. The second-order valence-corrected chi connectivity index (χ2v) is 27.3. The molecule has 8 heterocycles. The fourth-order valence-corrected chi connectivity index (χ4v) is 15.0. The molecule has 2 aromatic carbocycles. The van der Waals surface area contributed by atoms with Gasteiger partial charge in [-0.2, -0.15) is 0 Å². The number of aromatic nitrogens is 6. The van der Waals surface area contributed by atoms with Crippen molar-refractivity contribution in [3.63, 3.8) is 0 Å². The van der Waals surface area contributed by atoms with Crippen LogP contribution in [-0.2, 0) is 23.8 Å². The molecule has 0 spiro atoms. The zero-order chi connectivity index (χ0) is 52.7. The van der Waals surface area contributed by atoms with Gasteiger partial charge in [-0.05, 0) is 107 Å². The summed E-state index contributed by atoms with van der Waals surface area (Å²) in [5.74, 6) is 2.10. The number of ether oxygens (including phenoxy) is 4. The zero-order valence-corrected chi connectivity index (χ0v) is 45.2. The molecule has 4 N–H and O–H groups in total. The molecule has 18 nitrogen and oxygen atoms in total. The number of aromatic amines is 2. The lowest BCUT2D eigenvalue weighted by molar-refractivity contribution is -0.139. The van der Waals surface area contributed by atoms with E-state index in [1.807, 2.05) is 63.1 Å². The molecule has 0 bridgehead atoms. The van der Waals surface area contributed by atoms with Gasteiger partial charge in [-0.25, -0.2) is 39.0 Å². The molecule has 1 saturated carbocycles. The minimum absolute atomic E-state index is 0.157. The summed E-state index contributed by atoms with van der Waals surface area (Å²) < 4.78 is 41.9. The fraction of sp³-hybridized carbons (Fsp3) is 0.500. The molecule has 4 amide bonds. The highest BCUT2D eigenvalue weighted by Crippen LogP contribution is 2.54. The van der Waals surface area contributed by atoms with Gasteiger partial charge in [0.1, 0.15) is 35.3 Å². The Kier molecular flexibility index (Phi) is 13.2. The van der Waals surface area contributed by atoms with Crippen molar-refractivity contribution in [1.82, 2.24) is 49.9 Å². The fourth-order valence-electron chi connectivity index (χ4n) is 11.5. The number of thiazole rings is 1. The maximum Gasteiger partial charge on any atom is 0.407 e. The van der Waals surface area contributed by atoms with Crippen LogP contribution in [0.25, 0.3) is 44.7 Å². The summed E-state index contributed by atoms with van der Waals surface area (Å²) in [6, 6.07) is 9.16. The van der Waals surface area contributed by atoms with Crippen molar-refractivity contribution < 1.29 is 42.5 Å². The molecule has 21 heteroatoms. The van der Waals surface area contributed by atoms with Gasteiger partial charge in [0.05, 0.1) is 88.2 Å². The SMILES string of the molecule is COC(=O)NC(C(=O)N1CCC[C@H]1c1ncc(-c2ccc3c(c2)cc2n3[C@H](c3cnc(C4CC4)s3)Oc3cc(-c4cnc([C@@H]5CS(C)(C)CN5C(=O)[C@@H](NC(=O)OC)[C@@H]5CCOC(C)(C)C5)[nH]4)cc(F)c3-2)[nH]1)C(C)C. The molecule has 4 fully saturated rings. The molecule has 3 saturated heterocycles. The number of alkyl carbamates (subject to hydrolysis) is 2. The van der Waals surface area contributed by atoms with E-state index < -0.39 is 58.0 Å². The molecule has 1 aliphatic carbocycles. The van der Waals surface area contributed by atoms with Crippen LogP contribution in [-0.4, -0.2) is 132 Å². The maximum atomic E-state index is 17.2. The summed E-state index contributed by atoms with van der Waals surface area (Å²) in [6.45, 7) is 8.79. The molecule has 6 atom stereocenters. The predicted octanol–water partition coefficient (Wildman–Crippen LogP) is 9.38. The molecular weight excluding hydrogens is 1000 g/mol. The third kappa shape index (κ3) is 9.75. The van der Waals surface area contributed by atoms with Gasteiger partial charge in [0.25, 0.3) is 0 Å². The van der Waals surface area contributed by atoms with E-state index in [0.717, 1.165) is 57.7 Å². The Hall–Kier alpha value is -6.45. The number of hydrogen-bond donors (Lipinski definition) is 4. The number of rotatable bonds is 12. The first kappa shape index (κ1) is 50.7. The number of amides is 4. The van der Waals surface area contributed by atoms with Gasteiger partial charge < -0.3 is 49.3 Å². The van der Waals surface area contributed by atoms with E-state index in [1.54, 1.807) is 28.6 Å². The van der Waals surface area contributed by atoms with Gasteiger partial charge in [-0.3, -0.25) is 14.2 Å². The van der Waals surface area contributed by atoms with Crippen LogP contribution in [0.4, 0.5) is 14.0 Å². The molecule has 1 unspecified atom stereocenters. The first-order valence-corrected chi connectivity index (χ1v) is 29.3. The van der Waals surface area contributed by atoms with Crippen molar-refractivity contribution >= 4 is 56.3 Å². The Labute approximate surface area is 440 Å². The number of fused-ring (bicyclic) bond motifs is 5. The van der Waals surface area contributed by atoms with Crippen LogP contribution in [0.5, 0.6) is 5.75 Å². The highest BCUT2D eigenvalue weighted by Gasteiger charge is 2.46. The third-order valence-electron chi connectivity index (χ3n) is 15.4.